The third kappa shape index (κ3) is 3.70. The van der Waals surface area contributed by atoms with Crippen LogP contribution >= 0.6 is 11.3 Å². The van der Waals surface area contributed by atoms with Gasteiger partial charge in [0, 0.05) is 21.5 Å². The second-order valence-corrected chi connectivity index (χ2v) is 7.27. The van der Waals surface area contributed by atoms with Crippen LogP contribution in [0.15, 0.2) is 35.7 Å². The minimum Gasteiger partial charge on any atom is -0.367 e. The smallest absolute Gasteiger partial charge is 0.135 e. The average Bonchev–Trinajstić information content (AvgIpc) is 3.09. The molecular formula is C20H27N3S. The first-order chi connectivity index (χ1) is 11.7. The molecule has 3 rings (SSSR count). The minimum absolute atomic E-state index is 0.428. The zero-order valence-corrected chi connectivity index (χ0v) is 15.7. The summed E-state index contributed by atoms with van der Waals surface area (Å²) in [4.78, 5) is 7.36. The monoisotopic (exact) mass is 341 g/mol. The van der Waals surface area contributed by atoms with E-state index in [1.165, 1.54) is 28.4 Å². The predicted octanol–water partition coefficient (Wildman–Crippen LogP) is 5.37. The highest BCUT2D eigenvalue weighted by Gasteiger charge is 2.11. The molecular weight excluding hydrogens is 314 g/mol. The Morgan fingerprint density at radius 2 is 1.92 bits per heavy atom. The van der Waals surface area contributed by atoms with Gasteiger partial charge in [0.05, 0.1) is 5.52 Å². The van der Waals surface area contributed by atoms with Crippen molar-refractivity contribution in [3.8, 4) is 0 Å². The van der Waals surface area contributed by atoms with E-state index in [1.807, 2.05) is 0 Å². The molecule has 0 aliphatic carbocycles. The maximum atomic E-state index is 4.88. The fourth-order valence-electron chi connectivity index (χ4n) is 3.22. The number of thiophene rings is 1. The first-order valence-corrected chi connectivity index (χ1v) is 9.85. The molecule has 3 aromatic rings. The molecule has 0 spiro atoms. The Balaban J connectivity index is 1.73. The highest BCUT2D eigenvalue weighted by molar-refractivity contribution is 7.18. The number of aromatic nitrogens is 1. The molecule has 2 heterocycles. The van der Waals surface area contributed by atoms with Gasteiger partial charge < -0.3 is 10.2 Å². The summed E-state index contributed by atoms with van der Waals surface area (Å²) >= 11 is 1.80. The maximum absolute atomic E-state index is 4.88. The van der Waals surface area contributed by atoms with Crippen LogP contribution < -0.4 is 5.32 Å². The van der Waals surface area contributed by atoms with Crippen LogP contribution in [-0.4, -0.2) is 35.6 Å². The van der Waals surface area contributed by atoms with Crippen LogP contribution in [0.3, 0.4) is 0 Å². The number of anilines is 1. The quantitative estimate of drug-likeness (QED) is 0.597. The van der Waals surface area contributed by atoms with E-state index in [9.17, 15) is 0 Å². The van der Waals surface area contributed by atoms with E-state index in [-0.39, 0.29) is 0 Å². The lowest BCUT2D eigenvalue weighted by atomic mass is 10.1. The fraction of sp³-hybridized carbons (Fsp3) is 0.450. The number of rotatable bonds is 8. The van der Waals surface area contributed by atoms with E-state index in [2.05, 4.69) is 66.7 Å². The van der Waals surface area contributed by atoms with E-state index in [0.29, 0.717) is 6.04 Å². The van der Waals surface area contributed by atoms with E-state index in [4.69, 9.17) is 4.98 Å². The molecule has 1 atom stereocenters. The van der Waals surface area contributed by atoms with Crippen molar-refractivity contribution in [1.82, 2.24) is 9.88 Å². The first kappa shape index (κ1) is 17.2. The zero-order chi connectivity index (χ0) is 16.9. The molecule has 24 heavy (non-hydrogen) atoms. The molecule has 0 amide bonds. The number of pyridine rings is 1. The van der Waals surface area contributed by atoms with Gasteiger partial charge in [-0.05, 0) is 56.9 Å². The number of hydrogen-bond acceptors (Lipinski definition) is 4. The highest BCUT2D eigenvalue weighted by atomic mass is 32.1. The van der Waals surface area contributed by atoms with Gasteiger partial charge in [0.1, 0.15) is 5.82 Å². The number of para-hydroxylation sites is 1. The molecule has 1 unspecified atom stereocenters. The third-order valence-electron chi connectivity index (χ3n) is 4.69. The Kier molecular flexibility index (Phi) is 5.69. The van der Waals surface area contributed by atoms with E-state index < -0.39 is 0 Å². The Hall–Kier alpha value is -1.65. The molecule has 0 bridgehead atoms. The molecule has 0 aliphatic heterocycles. The predicted molar refractivity (Wildman–Crippen MR) is 107 cm³/mol. The molecule has 0 fully saturated rings. The number of nitrogens with zero attached hydrogens (tertiary/aromatic N) is 2. The molecule has 2 aromatic heterocycles. The van der Waals surface area contributed by atoms with Gasteiger partial charge in [-0.15, -0.1) is 11.3 Å². The van der Waals surface area contributed by atoms with E-state index in [0.717, 1.165) is 30.8 Å². The van der Waals surface area contributed by atoms with Crippen LogP contribution in [0.4, 0.5) is 5.82 Å². The standard InChI is InChI=1S/C20H27N3S/c1-4-23(5-2)13-8-9-15(3)21-20-17-12-14-24-19(17)16-10-6-7-11-18(16)22-20/h6-7,10-12,14-15H,4-5,8-9,13H2,1-3H3,(H,21,22). The Labute approximate surface area is 148 Å². The van der Waals surface area contributed by atoms with Gasteiger partial charge in [0.15, 0.2) is 0 Å². The van der Waals surface area contributed by atoms with Crippen molar-refractivity contribution in [2.45, 2.75) is 39.7 Å². The van der Waals surface area contributed by atoms with Crippen LogP contribution in [0.25, 0.3) is 21.0 Å². The van der Waals surface area contributed by atoms with E-state index >= 15 is 0 Å². The van der Waals surface area contributed by atoms with Crippen molar-refractivity contribution in [1.29, 1.82) is 0 Å². The second-order valence-electron chi connectivity index (χ2n) is 6.36. The fourth-order valence-corrected chi connectivity index (χ4v) is 4.16. The van der Waals surface area contributed by atoms with Gasteiger partial charge in [0.25, 0.3) is 0 Å². The van der Waals surface area contributed by atoms with Crippen LogP contribution in [0.5, 0.6) is 0 Å². The Morgan fingerprint density at radius 1 is 1.12 bits per heavy atom. The number of fused-ring (bicyclic) bond motifs is 3. The summed E-state index contributed by atoms with van der Waals surface area (Å²) < 4.78 is 1.33. The lowest BCUT2D eigenvalue weighted by Crippen LogP contribution is -2.25. The lowest BCUT2D eigenvalue weighted by molar-refractivity contribution is 0.295. The van der Waals surface area contributed by atoms with Gasteiger partial charge in [-0.3, -0.25) is 0 Å². The van der Waals surface area contributed by atoms with Gasteiger partial charge in [-0.2, -0.15) is 0 Å². The number of hydrogen-bond donors (Lipinski definition) is 1. The Morgan fingerprint density at radius 3 is 2.71 bits per heavy atom. The SMILES string of the molecule is CCN(CC)CCCC(C)Nc1nc2ccccc2c2sccc12. The van der Waals surface area contributed by atoms with Crippen molar-refractivity contribution in [2.24, 2.45) is 0 Å². The summed E-state index contributed by atoms with van der Waals surface area (Å²) in [6.45, 7) is 10.2. The van der Waals surface area contributed by atoms with Crippen LogP contribution in [-0.2, 0) is 0 Å². The van der Waals surface area contributed by atoms with Crippen LogP contribution in [0, 0.1) is 0 Å². The Bertz CT molecular complexity index is 792. The summed E-state index contributed by atoms with van der Waals surface area (Å²) in [5.74, 6) is 1.03. The molecule has 0 aliphatic rings. The largest absolute Gasteiger partial charge is 0.367 e. The van der Waals surface area contributed by atoms with Gasteiger partial charge in [-0.25, -0.2) is 4.98 Å². The normalized spacial score (nSPS) is 13.0. The minimum atomic E-state index is 0.428. The molecule has 1 N–H and O–H groups in total. The van der Waals surface area contributed by atoms with Crippen molar-refractivity contribution < 1.29 is 0 Å². The molecule has 128 valence electrons. The molecule has 0 radical (unpaired) electrons. The maximum Gasteiger partial charge on any atom is 0.135 e. The number of nitrogens with one attached hydrogen (secondary N) is 1. The lowest BCUT2D eigenvalue weighted by Gasteiger charge is -2.20. The van der Waals surface area contributed by atoms with Crippen molar-refractivity contribution in [3.63, 3.8) is 0 Å². The summed E-state index contributed by atoms with van der Waals surface area (Å²) in [5, 5.41) is 8.31. The van der Waals surface area contributed by atoms with Crippen molar-refractivity contribution in [2.75, 3.05) is 25.0 Å². The zero-order valence-electron chi connectivity index (χ0n) is 14.9. The third-order valence-corrected chi connectivity index (χ3v) is 5.64. The highest BCUT2D eigenvalue weighted by Crippen LogP contribution is 2.33. The topological polar surface area (TPSA) is 28.2 Å². The van der Waals surface area contributed by atoms with Crippen LogP contribution in [0.1, 0.15) is 33.6 Å². The van der Waals surface area contributed by atoms with Gasteiger partial charge in [0.2, 0.25) is 0 Å². The molecule has 1 aromatic carbocycles. The molecule has 4 heteroatoms. The first-order valence-electron chi connectivity index (χ1n) is 8.97. The summed E-state index contributed by atoms with van der Waals surface area (Å²) in [6, 6.07) is 11.0. The summed E-state index contributed by atoms with van der Waals surface area (Å²) in [7, 11) is 0. The van der Waals surface area contributed by atoms with Crippen molar-refractivity contribution in [3.05, 3.63) is 35.7 Å². The van der Waals surface area contributed by atoms with Gasteiger partial charge >= 0.3 is 0 Å². The summed E-state index contributed by atoms with van der Waals surface area (Å²) in [6.07, 6.45) is 2.38. The van der Waals surface area contributed by atoms with Crippen LogP contribution in [0.2, 0.25) is 0 Å². The van der Waals surface area contributed by atoms with E-state index in [1.54, 1.807) is 11.3 Å². The number of benzene rings is 1. The summed E-state index contributed by atoms with van der Waals surface area (Å²) in [5.41, 5.74) is 1.07. The average molecular weight is 342 g/mol. The molecule has 3 nitrogen and oxygen atoms in total. The molecule has 0 saturated carbocycles. The van der Waals surface area contributed by atoms with Gasteiger partial charge in [-0.1, -0.05) is 32.0 Å². The molecule has 0 saturated heterocycles. The second kappa shape index (κ2) is 7.95. The van der Waals surface area contributed by atoms with Crippen molar-refractivity contribution >= 4 is 38.1 Å².